The Bertz CT molecular complexity index is 881. The molecule has 0 atom stereocenters. The Morgan fingerprint density at radius 3 is 2.35 bits per heavy atom. The number of allylic oxidation sites excluding steroid dienone is 1. The molecule has 1 heterocycles. The van der Waals surface area contributed by atoms with Gasteiger partial charge in [-0.1, -0.05) is 41.4 Å². The summed E-state index contributed by atoms with van der Waals surface area (Å²) in [6, 6.07) is 21.3. The second kappa shape index (κ2) is 6.56. The fourth-order valence-corrected chi connectivity index (χ4v) is 2.38. The van der Waals surface area contributed by atoms with Crippen molar-refractivity contribution in [2.24, 2.45) is 0 Å². The Balaban J connectivity index is 1.91. The van der Waals surface area contributed by atoms with Gasteiger partial charge in [-0.15, -0.1) is 0 Å². The molecule has 3 heteroatoms. The van der Waals surface area contributed by atoms with Crippen LogP contribution in [0.1, 0.15) is 16.9 Å². The van der Waals surface area contributed by atoms with Gasteiger partial charge in [0.25, 0.3) is 0 Å². The van der Waals surface area contributed by atoms with Crippen molar-refractivity contribution in [2.75, 3.05) is 0 Å². The van der Waals surface area contributed by atoms with Crippen molar-refractivity contribution in [1.82, 2.24) is 0 Å². The minimum absolute atomic E-state index is 0.571. The largest absolute Gasteiger partial charge is 0.457 e. The molecule has 0 aliphatic heterocycles. The van der Waals surface area contributed by atoms with Crippen molar-refractivity contribution in [3.8, 4) is 17.4 Å². The third-order valence-corrected chi connectivity index (χ3v) is 3.78. The summed E-state index contributed by atoms with van der Waals surface area (Å²) in [6.07, 6.45) is 1.75. The number of rotatable bonds is 3. The highest BCUT2D eigenvalue weighted by molar-refractivity contribution is 6.30. The van der Waals surface area contributed by atoms with Gasteiger partial charge in [0.2, 0.25) is 0 Å². The SMILES string of the molecule is Cc1ccc(/C(C#N)=C\c2ccc(-c3ccc(Cl)cc3)o2)cc1. The van der Waals surface area contributed by atoms with E-state index in [-0.39, 0.29) is 0 Å². The highest BCUT2D eigenvalue weighted by atomic mass is 35.5. The summed E-state index contributed by atoms with van der Waals surface area (Å²) in [5, 5.41) is 10.1. The predicted molar refractivity (Wildman–Crippen MR) is 93.8 cm³/mol. The van der Waals surface area contributed by atoms with Crippen LogP contribution < -0.4 is 0 Å². The maximum atomic E-state index is 9.39. The topological polar surface area (TPSA) is 36.9 Å². The molecule has 0 aliphatic rings. The maximum Gasteiger partial charge on any atom is 0.134 e. The molecule has 0 aliphatic carbocycles. The monoisotopic (exact) mass is 319 g/mol. The summed E-state index contributed by atoms with van der Waals surface area (Å²) in [5.74, 6) is 1.39. The van der Waals surface area contributed by atoms with Crippen LogP contribution in [-0.4, -0.2) is 0 Å². The summed E-state index contributed by atoms with van der Waals surface area (Å²) >= 11 is 5.89. The van der Waals surface area contributed by atoms with Gasteiger partial charge in [0.15, 0.2) is 0 Å². The Hall–Kier alpha value is -2.76. The van der Waals surface area contributed by atoms with Gasteiger partial charge in [-0.3, -0.25) is 0 Å². The van der Waals surface area contributed by atoms with Gasteiger partial charge in [0, 0.05) is 10.6 Å². The first kappa shape index (κ1) is 15.1. The van der Waals surface area contributed by atoms with Crippen molar-refractivity contribution in [2.45, 2.75) is 6.92 Å². The zero-order valence-corrected chi connectivity index (χ0v) is 13.3. The normalized spacial score (nSPS) is 11.3. The standard InChI is InChI=1S/C20H14ClNO/c1-14-2-4-15(5-3-14)17(13-22)12-19-10-11-20(23-19)16-6-8-18(21)9-7-16/h2-12H,1H3/b17-12-. The van der Waals surface area contributed by atoms with Crippen molar-refractivity contribution >= 4 is 23.3 Å². The third kappa shape index (κ3) is 3.53. The van der Waals surface area contributed by atoms with Crippen LogP contribution in [-0.2, 0) is 0 Å². The van der Waals surface area contributed by atoms with E-state index in [2.05, 4.69) is 6.07 Å². The van der Waals surface area contributed by atoms with E-state index in [1.54, 1.807) is 6.08 Å². The molecule has 2 aromatic carbocycles. The molecule has 0 saturated heterocycles. The van der Waals surface area contributed by atoms with E-state index in [9.17, 15) is 5.26 Å². The molecule has 0 spiro atoms. The molecule has 23 heavy (non-hydrogen) atoms. The van der Waals surface area contributed by atoms with Crippen LogP contribution in [0.2, 0.25) is 5.02 Å². The first-order chi connectivity index (χ1) is 11.2. The summed E-state index contributed by atoms with van der Waals surface area (Å²) in [5.41, 5.74) is 3.56. The molecule has 3 aromatic rings. The zero-order valence-electron chi connectivity index (χ0n) is 12.6. The number of nitrogens with zero attached hydrogens (tertiary/aromatic N) is 1. The lowest BCUT2D eigenvalue weighted by Crippen LogP contribution is -1.81. The summed E-state index contributed by atoms with van der Waals surface area (Å²) in [6.45, 7) is 2.02. The minimum Gasteiger partial charge on any atom is -0.457 e. The lowest BCUT2D eigenvalue weighted by molar-refractivity contribution is 0.572. The smallest absolute Gasteiger partial charge is 0.134 e. The lowest BCUT2D eigenvalue weighted by atomic mass is 10.0. The average Bonchev–Trinajstić information content (AvgIpc) is 3.03. The zero-order chi connectivity index (χ0) is 16.2. The van der Waals surface area contributed by atoms with Gasteiger partial charge >= 0.3 is 0 Å². The van der Waals surface area contributed by atoms with Crippen LogP contribution in [0, 0.1) is 18.3 Å². The van der Waals surface area contributed by atoms with E-state index in [1.807, 2.05) is 67.6 Å². The first-order valence-electron chi connectivity index (χ1n) is 7.20. The molecular formula is C20H14ClNO. The van der Waals surface area contributed by atoms with Crippen molar-refractivity contribution in [3.63, 3.8) is 0 Å². The van der Waals surface area contributed by atoms with Gasteiger partial charge in [-0.05, 0) is 55.0 Å². The van der Waals surface area contributed by atoms with Crippen molar-refractivity contribution < 1.29 is 4.42 Å². The molecule has 0 unspecified atom stereocenters. The third-order valence-electron chi connectivity index (χ3n) is 3.53. The van der Waals surface area contributed by atoms with Crippen LogP contribution in [0.5, 0.6) is 0 Å². The molecule has 0 bridgehead atoms. The summed E-state index contributed by atoms with van der Waals surface area (Å²) in [4.78, 5) is 0. The molecule has 0 saturated carbocycles. The van der Waals surface area contributed by atoms with E-state index in [1.165, 1.54) is 0 Å². The molecule has 0 radical (unpaired) electrons. The van der Waals surface area contributed by atoms with Crippen LogP contribution in [0.15, 0.2) is 65.1 Å². The maximum absolute atomic E-state index is 9.39. The van der Waals surface area contributed by atoms with Gasteiger partial charge < -0.3 is 4.42 Å². The average molecular weight is 320 g/mol. The Labute approximate surface area is 140 Å². The molecular weight excluding hydrogens is 306 g/mol. The Morgan fingerprint density at radius 1 is 1.00 bits per heavy atom. The summed E-state index contributed by atoms with van der Waals surface area (Å²) in [7, 11) is 0. The number of benzene rings is 2. The van der Waals surface area contributed by atoms with E-state index in [4.69, 9.17) is 16.0 Å². The van der Waals surface area contributed by atoms with Gasteiger partial charge in [0.1, 0.15) is 11.5 Å². The molecule has 0 amide bonds. The van der Waals surface area contributed by atoms with Crippen molar-refractivity contribution in [3.05, 3.63) is 82.6 Å². The van der Waals surface area contributed by atoms with E-state index in [0.717, 1.165) is 22.5 Å². The highest BCUT2D eigenvalue weighted by Crippen LogP contribution is 2.26. The quantitative estimate of drug-likeness (QED) is 0.557. The molecule has 112 valence electrons. The molecule has 0 N–H and O–H groups in total. The number of halogens is 1. The Kier molecular flexibility index (Phi) is 4.32. The highest BCUT2D eigenvalue weighted by Gasteiger charge is 2.06. The van der Waals surface area contributed by atoms with Crippen LogP contribution in [0.4, 0.5) is 0 Å². The van der Waals surface area contributed by atoms with Crippen LogP contribution >= 0.6 is 11.6 Å². The first-order valence-corrected chi connectivity index (χ1v) is 7.58. The minimum atomic E-state index is 0.571. The molecule has 0 fully saturated rings. The van der Waals surface area contributed by atoms with E-state index in [0.29, 0.717) is 16.4 Å². The van der Waals surface area contributed by atoms with Crippen LogP contribution in [0.25, 0.3) is 23.0 Å². The number of hydrogen-bond donors (Lipinski definition) is 0. The second-order valence-corrected chi connectivity index (χ2v) is 5.68. The number of hydrogen-bond acceptors (Lipinski definition) is 2. The Morgan fingerprint density at radius 2 is 1.70 bits per heavy atom. The predicted octanol–water partition coefficient (Wildman–Crippen LogP) is 5.97. The van der Waals surface area contributed by atoms with E-state index < -0.39 is 0 Å². The fraction of sp³-hybridized carbons (Fsp3) is 0.0500. The molecule has 1 aromatic heterocycles. The van der Waals surface area contributed by atoms with Gasteiger partial charge in [-0.25, -0.2) is 0 Å². The number of furan rings is 1. The summed E-state index contributed by atoms with van der Waals surface area (Å²) < 4.78 is 5.82. The molecule has 2 nitrogen and oxygen atoms in total. The van der Waals surface area contributed by atoms with Gasteiger partial charge in [-0.2, -0.15) is 5.26 Å². The van der Waals surface area contributed by atoms with Gasteiger partial charge in [0.05, 0.1) is 11.6 Å². The second-order valence-electron chi connectivity index (χ2n) is 5.24. The number of aryl methyl sites for hydroxylation is 1. The molecule has 3 rings (SSSR count). The van der Waals surface area contributed by atoms with Crippen molar-refractivity contribution in [1.29, 1.82) is 5.26 Å². The number of nitriles is 1. The van der Waals surface area contributed by atoms with E-state index >= 15 is 0 Å². The van der Waals surface area contributed by atoms with Crippen LogP contribution in [0.3, 0.4) is 0 Å². The lowest BCUT2D eigenvalue weighted by Gasteiger charge is -1.99. The fourth-order valence-electron chi connectivity index (χ4n) is 2.26.